The molecule has 0 bridgehead atoms. The van der Waals surface area contributed by atoms with Crippen LogP contribution in [0.5, 0.6) is 0 Å². The molecular formula is C14H20N2O5. The van der Waals surface area contributed by atoms with Crippen molar-refractivity contribution in [1.82, 2.24) is 10.6 Å². The molecule has 0 radical (unpaired) electrons. The zero-order chi connectivity index (χ0) is 15.7. The summed E-state index contributed by atoms with van der Waals surface area (Å²) in [6, 6.07) is 2.31. The minimum Gasteiger partial charge on any atom is -0.480 e. The number of nitrogens with one attached hydrogen (secondary N) is 2. The van der Waals surface area contributed by atoms with E-state index >= 15 is 0 Å². The monoisotopic (exact) mass is 296 g/mol. The SMILES string of the molecule is CCC[C@H](NC(=O)CCCNC(=O)c1ccco1)C(=O)O. The highest BCUT2D eigenvalue weighted by atomic mass is 16.4. The first kappa shape index (κ1) is 16.7. The summed E-state index contributed by atoms with van der Waals surface area (Å²) in [7, 11) is 0. The molecule has 0 fully saturated rings. The van der Waals surface area contributed by atoms with Gasteiger partial charge in [-0.25, -0.2) is 4.79 Å². The fourth-order valence-electron chi connectivity index (χ4n) is 1.76. The first-order valence-electron chi connectivity index (χ1n) is 6.88. The van der Waals surface area contributed by atoms with Crippen molar-refractivity contribution < 1.29 is 23.9 Å². The van der Waals surface area contributed by atoms with Crippen molar-refractivity contribution in [2.24, 2.45) is 0 Å². The van der Waals surface area contributed by atoms with Gasteiger partial charge in [0.15, 0.2) is 5.76 Å². The molecule has 21 heavy (non-hydrogen) atoms. The predicted octanol–water partition coefficient (Wildman–Crippen LogP) is 1.16. The molecule has 0 saturated heterocycles. The number of carboxylic acids is 1. The van der Waals surface area contributed by atoms with E-state index in [1.54, 1.807) is 12.1 Å². The molecule has 116 valence electrons. The lowest BCUT2D eigenvalue weighted by Gasteiger charge is -2.13. The Morgan fingerprint density at radius 3 is 2.71 bits per heavy atom. The second kappa shape index (κ2) is 8.78. The standard InChI is InChI=1S/C14H20N2O5/c1-2-5-10(14(19)20)16-12(17)7-3-8-15-13(18)11-6-4-9-21-11/h4,6,9-10H,2-3,5,7-8H2,1H3,(H,15,18)(H,16,17)(H,19,20)/t10-/m0/s1. The van der Waals surface area contributed by atoms with E-state index in [1.807, 2.05) is 6.92 Å². The number of rotatable bonds is 9. The lowest BCUT2D eigenvalue weighted by Crippen LogP contribution is -2.40. The van der Waals surface area contributed by atoms with E-state index in [9.17, 15) is 14.4 Å². The third-order valence-corrected chi connectivity index (χ3v) is 2.82. The number of furan rings is 1. The minimum absolute atomic E-state index is 0.159. The zero-order valence-electron chi connectivity index (χ0n) is 11.9. The van der Waals surface area contributed by atoms with Crippen LogP contribution in [0.4, 0.5) is 0 Å². The van der Waals surface area contributed by atoms with Crippen LogP contribution in [0.3, 0.4) is 0 Å². The summed E-state index contributed by atoms with van der Waals surface area (Å²) in [6.07, 6.45) is 3.07. The smallest absolute Gasteiger partial charge is 0.326 e. The second-order valence-corrected chi connectivity index (χ2v) is 4.58. The first-order valence-corrected chi connectivity index (χ1v) is 6.88. The number of hydrogen-bond acceptors (Lipinski definition) is 4. The van der Waals surface area contributed by atoms with E-state index in [0.29, 0.717) is 25.8 Å². The molecule has 3 N–H and O–H groups in total. The van der Waals surface area contributed by atoms with Gasteiger partial charge in [-0.15, -0.1) is 0 Å². The Labute approximate surface area is 122 Å². The molecule has 0 aliphatic heterocycles. The molecule has 0 unspecified atom stereocenters. The summed E-state index contributed by atoms with van der Waals surface area (Å²) in [5.74, 6) is -1.48. The highest BCUT2D eigenvalue weighted by Crippen LogP contribution is 2.00. The molecule has 1 aromatic heterocycles. The number of amides is 2. The quantitative estimate of drug-likeness (QED) is 0.592. The van der Waals surface area contributed by atoms with E-state index in [0.717, 1.165) is 0 Å². The van der Waals surface area contributed by atoms with Crippen LogP contribution in [0.2, 0.25) is 0 Å². The Morgan fingerprint density at radius 1 is 1.38 bits per heavy atom. The van der Waals surface area contributed by atoms with Gasteiger partial charge in [-0.05, 0) is 25.0 Å². The fourth-order valence-corrected chi connectivity index (χ4v) is 1.76. The molecule has 0 spiro atoms. The molecule has 2 amide bonds. The molecule has 0 aliphatic rings. The van der Waals surface area contributed by atoms with E-state index in [2.05, 4.69) is 10.6 Å². The first-order chi connectivity index (χ1) is 10.0. The maximum atomic E-state index is 11.6. The van der Waals surface area contributed by atoms with E-state index in [4.69, 9.17) is 9.52 Å². The third-order valence-electron chi connectivity index (χ3n) is 2.82. The van der Waals surface area contributed by atoms with Gasteiger partial charge in [-0.3, -0.25) is 9.59 Å². The Hall–Kier alpha value is -2.31. The van der Waals surface area contributed by atoms with Crippen molar-refractivity contribution >= 4 is 17.8 Å². The van der Waals surface area contributed by atoms with Gasteiger partial charge in [-0.1, -0.05) is 13.3 Å². The molecule has 0 aliphatic carbocycles. The van der Waals surface area contributed by atoms with Gasteiger partial charge in [0.05, 0.1) is 6.26 Å². The van der Waals surface area contributed by atoms with E-state index in [1.165, 1.54) is 6.26 Å². The van der Waals surface area contributed by atoms with Crippen LogP contribution in [0.1, 0.15) is 43.2 Å². The zero-order valence-corrected chi connectivity index (χ0v) is 11.9. The van der Waals surface area contributed by atoms with Crippen molar-refractivity contribution in [3.63, 3.8) is 0 Å². The summed E-state index contributed by atoms with van der Waals surface area (Å²) >= 11 is 0. The lowest BCUT2D eigenvalue weighted by atomic mass is 10.1. The average molecular weight is 296 g/mol. The largest absolute Gasteiger partial charge is 0.480 e. The van der Waals surface area contributed by atoms with Crippen LogP contribution in [0.25, 0.3) is 0 Å². The molecule has 0 saturated carbocycles. The number of aliphatic carboxylic acids is 1. The van der Waals surface area contributed by atoms with Gasteiger partial charge in [0.1, 0.15) is 6.04 Å². The van der Waals surface area contributed by atoms with Crippen molar-refractivity contribution in [2.75, 3.05) is 6.54 Å². The molecule has 7 heteroatoms. The summed E-state index contributed by atoms with van der Waals surface area (Å²) in [6.45, 7) is 2.17. The second-order valence-electron chi connectivity index (χ2n) is 4.58. The summed E-state index contributed by atoms with van der Waals surface area (Å²) in [5, 5.41) is 14.0. The van der Waals surface area contributed by atoms with Gasteiger partial charge in [0.25, 0.3) is 5.91 Å². The molecule has 7 nitrogen and oxygen atoms in total. The lowest BCUT2D eigenvalue weighted by molar-refractivity contribution is -0.142. The third kappa shape index (κ3) is 6.11. The van der Waals surface area contributed by atoms with Gasteiger partial charge in [-0.2, -0.15) is 0 Å². The average Bonchev–Trinajstić information content (AvgIpc) is 2.97. The van der Waals surface area contributed by atoms with E-state index < -0.39 is 12.0 Å². The van der Waals surface area contributed by atoms with Crippen molar-refractivity contribution in [3.8, 4) is 0 Å². The maximum Gasteiger partial charge on any atom is 0.326 e. The van der Waals surface area contributed by atoms with Crippen LogP contribution in [0.15, 0.2) is 22.8 Å². The number of carboxylic acid groups (broad SMARTS) is 1. The molecule has 1 aromatic rings. The van der Waals surface area contributed by atoms with Crippen LogP contribution < -0.4 is 10.6 Å². The highest BCUT2D eigenvalue weighted by molar-refractivity contribution is 5.91. The topological polar surface area (TPSA) is 109 Å². The van der Waals surface area contributed by atoms with Gasteiger partial charge >= 0.3 is 5.97 Å². The van der Waals surface area contributed by atoms with Crippen molar-refractivity contribution in [2.45, 2.75) is 38.6 Å². The Balaban J connectivity index is 2.21. The predicted molar refractivity (Wildman–Crippen MR) is 74.7 cm³/mol. The highest BCUT2D eigenvalue weighted by Gasteiger charge is 2.18. The van der Waals surface area contributed by atoms with Crippen molar-refractivity contribution in [1.29, 1.82) is 0 Å². The van der Waals surface area contributed by atoms with Crippen LogP contribution in [-0.4, -0.2) is 35.5 Å². The van der Waals surface area contributed by atoms with Gasteiger partial charge < -0.3 is 20.2 Å². The van der Waals surface area contributed by atoms with E-state index in [-0.39, 0.29) is 24.0 Å². The Kier molecular flexibility index (Phi) is 7.00. The molecule has 1 rings (SSSR count). The molecule has 1 heterocycles. The van der Waals surface area contributed by atoms with Crippen molar-refractivity contribution in [3.05, 3.63) is 24.2 Å². The minimum atomic E-state index is -1.03. The Morgan fingerprint density at radius 2 is 2.14 bits per heavy atom. The van der Waals surface area contributed by atoms with Crippen LogP contribution in [0, 0.1) is 0 Å². The summed E-state index contributed by atoms with van der Waals surface area (Å²) in [4.78, 5) is 34.0. The summed E-state index contributed by atoms with van der Waals surface area (Å²) in [5.41, 5.74) is 0. The Bertz CT molecular complexity index is 470. The fraction of sp³-hybridized carbons (Fsp3) is 0.500. The molecule has 1 atom stereocenters. The van der Waals surface area contributed by atoms with Gasteiger partial charge in [0.2, 0.25) is 5.91 Å². The maximum absolute atomic E-state index is 11.6. The van der Waals surface area contributed by atoms with Gasteiger partial charge in [0, 0.05) is 13.0 Å². The number of carbonyl (C=O) groups is 3. The summed E-state index contributed by atoms with van der Waals surface area (Å²) < 4.78 is 4.92. The molecule has 0 aromatic carbocycles. The number of hydrogen-bond donors (Lipinski definition) is 3. The van der Waals surface area contributed by atoms with Crippen LogP contribution in [-0.2, 0) is 9.59 Å². The van der Waals surface area contributed by atoms with Crippen LogP contribution >= 0.6 is 0 Å². The normalized spacial score (nSPS) is 11.7. The molecular weight excluding hydrogens is 276 g/mol. The number of carbonyl (C=O) groups excluding carboxylic acids is 2.